The van der Waals surface area contributed by atoms with Crippen LogP contribution < -0.4 is 0 Å². The Morgan fingerprint density at radius 1 is 1.24 bits per heavy atom. The second-order valence-corrected chi connectivity index (χ2v) is 4.32. The molecule has 0 aliphatic heterocycles. The topological polar surface area (TPSA) is 49.7 Å². The Bertz CT molecular complexity index is 343. The maximum absolute atomic E-state index is 9.69. The Hall–Kier alpha value is -0.770. The largest absolute Gasteiger partial charge is 0.507 e. The maximum Gasteiger partial charge on any atom is 0.121 e. The van der Waals surface area contributed by atoms with E-state index in [2.05, 4.69) is 0 Å². The molecule has 1 aromatic rings. The first-order chi connectivity index (χ1) is 7.51. The molecule has 0 saturated heterocycles. The van der Waals surface area contributed by atoms with E-state index < -0.39 is 0 Å². The fourth-order valence-electron chi connectivity index (χ4n) is 1.95. The maximum atomic E-state index is 9.69. The van der Waals surface area contributed by atoms with Crippen LogP contribution in [0.2, 0.25) is 0 Å². The van der Waals surface area contributed by atoms with Gasteiger partial charge in [-0.05, 0) is 42.7 Å². The van der Waals surface area contributed by atoms with E-state index >= 15 is 0 Å². The molecule has 2 N–H and O–H groups in total. The van der Waals surface area contributed by atoms with Gasteiger partial charge in [0.1, 0.15) is 5.75 Å². The molecule has 0 bridgehead atoms. The van der Waals surface area contributed by atoms with Gasteiger partial charge in [-0.15, -0.1) is 12.4 Å². The van der Waals surface area contributed by atoms with Gasteiger partial charge in [-0.25, -0.2) is 0 Å². The molecular weight excluding hydrogens is 240 g/mol. The highest BCUT2D eigenvalue weighted by atomic mass is 35.5. The average molecular weight is 261 g/mol. The average Bonchev–Trinajstić information content (AvgIpc) is 2.26. The minimum Gasteiger partial charge on any atom is -0.507 e. The number of aliphatic hydroxyl groups is 1. The Labute approximate surface area is 109 Å². The molecule has 0 fully saturated rings. The molecule has 0 aromatic heterocycles. The third-order valence-electron chi connectivity index (χ3n) is 2.90. The lowest BCUT2D eigenvalue weighted by Gasteiger charge is -2.22. The monoisotopic (exact) mass is 260 g/mol. The molecule has 2 atom stereocenters. The number of aromatic hydroxyl groups is 1. The fourth-order valence-corrected chi connectivity index (χ4v) is 1.95. The van der Waals surface area contributed by atoms with Crippen LogP contribution in [0.1, 0.15) is 29.7 Å². The van der Waals surface area contributed by atoms with E-state index in [0.29, 0.717) is 5.75 Å². The summed E-state index contributed by atoms with van der Waals surface area (Å²) in [6, 6.07) is 3.81. The van der Waals surface area contributed by atoms with Gasteiger partial charge in [0.05, 0.1) is 6.10 Å². The van der Waals surface area contributed by atoms with Gasteiger partial charge in [-0.3, -0.25) is 0 Å². The zero-order valence-electron chi connectivity index (χ0n) is 10.7. The summed E-state index contributed by atoms with van der Waals surface area (Å²) in [6.07, 6.45) is -0.136. The molecule has 4 heteroatoms. The summed E-state index contributed by atoms with van der Waals surface area (Å²) >= 11 is 0. The molecule has 1 aromatic carbocycles. The third kappa shape index (κ3) is 3.60. The molecule has 98 valence electrons. The molecule has 0 spiro atoms. The van der Waals surface area contributed by atoms with Gasteiger partial charge in [-0.2, -0.15) is 0 Å². The van der Waals surface area contributed by atoms with E-state index in [0.717, 1.165) is 16.7 Å². The predicted octanol–water partition coefficient (Wildman–Crippen LogP) is 2.75. The van der Waals surface area contributed by atoms with Gasteiger partial charge in [0.2, 0.25) is 0 Å². The van der Waals surface area contributed by atoms with Crippen LogP contribution in [0.3, 0.4) is 0 Å². The van der Waals surface area contributed by atoms with Gasteiger partial charge in [0.15, 0.2) is 0 Å². The molecule has 0 radical (unpaired) electrons. The summed E-state index contributed by atoms with van der Waals surface area (Å²) in [5.74, 6) is 0.364. The number of hydrogen-bond acceptors (Lipinski definition) is 3. The zero-order valence-corrected chi connectivity index (χ0v) is 11.5. The van der Waals surface area contributed by atoms with Crippen molar-refractivity contribution in [2.24, 2.45) is 5.92 Å². The van der Waals surface area contributed by atoms with Crippen molar-refractivity contribution in [1.29, 1.82) is 0 Å². The molecule has 0 aliphatic rings. The van der Waals surface area contributed by atoms with Gasteiger partial charge >= 0.3 is 0 Å². The second kappa shape index (κ2) is 6.84. The first-order valence-electron chi connectivity index (χ1n) is 5.45. The molecule has 0 unspecified atom stereocenters. The lowest BCUT2D eigenvalue weighted by atomic mass is 9.94. The van der Waals surface area contributed by atoms with Crippen molar-refractivity contribution in [2.75, 3.05) is 13.7 Å². The first-order valence-corrected chi connectivity index (χ1v) is 5.45. The Morgan fingerprint density at radius 3 is 2.06 bits per heavy atom. The number of rotatable bonds is 4. The van der Waals surface area contributed by atoms with E-state index in [1.807, 2.05) is 32.9 Å². The SMILES string of the molecule is CO[C@@H](c1cc(C)c(O)c(C)c1)[C@@H](C)CO.Cl. The van der Waals surface area contributed by atoms with Crippen molar-refractivity contribution < 1.29 is 14.9 Å². The van der Waals surface area contributed by atoms with Crippen LogP contribution in [0, 0.1) is 19.8 Å². The highest BCUT2D eigenvalue weighted by Gasteiger charge is 2.19. The van der Waals surface area contributed by atoms with Crippen LogP contribution in [0.15, 0.2) is 12.1 Å². The van der Waals surface area contributed by atoms with E-state index in [9.17, 15) is 5.11 Å². The molecule has 17 heavy (non-hydrogen) atoms. The summed E-state index contributed by atoms with van der Waals surface area (Å²) in [4.78, 5) is 0. The van der Waals surface area contributed by atoms with Crippen molar-refractivity contribution in [3.05, 3.63) is 28.8 Å². The fraction of sp³-hybridized carbons (Fsp3) is 0.538. The lowest BCUT2D eigenvalue weighted by molar-refractivity contribution is 0.0327. The van der Waals surface area contributed by atoms with Crippen LogP contribution in [0.25, 0.3) is 0 Å². The normalized spacial score (nSPS) is 13.9. The van der Waals surface area contributed by atoms with E-state index in [4.69, 9.17) is 9.84 Å². The minimum absolute atomic E-state index is 0. The van der Waals surface area contributed by atoms with Crippen molar-refractivity contribution in [1.82, 2.24) is 0 Å². The number of phenolic OH excluding ortho intramolecular Hbond substituents is 1. The predicted molar refractivity (Wildman–Crippen MR) is 70.8 cm³/mol. The molecule has 0 saturated carbocycles. The van der Waals surface area contributed by atoms with Crippen LogP contribution in [-0.2, 0) is 4.74 Å². The smallest absolute Gasteiger partial charge is 0.121 e. The van der Waals surface area contributed by atoms with Crippen LogP contribution in [0.4, 0.5) is 0 Å². The number of benzene rings is 1. The van der Waals surface area contributed by atoms with E-state index in [1.165, 1.54) is 0 Å². The number of halogens is 1. The number of aliphatic hydroxyl groups excluding tert-OH is 1. The first kappa shape index (κ1) is 16.2. The standard InChI is InChI=1S/C13H20O3.ClH/c1-8-5-11(6-9(2)12(8)15)13(16-4)10(3)7-14;/h5-6,10,13-15H,7H2,1-4H3;1H/t10-,13+;/m0./s1. The van der Waals surface area contributed by atoms with Crippen LogP contribution in [-0.4, -0.2) is 23.9 Å². The number of phenols is 1. The number of ether oxygens (including phenoxy) is 1. The summed E-state index contributed by atoms with van der Waals surface area (Å²) in [7, 11) is 1.63. The number of aryl methyl sites for hydroxylation is 2. The summed E-state index contributed by atoms with van der Waals surface area (Å²) in [6.45, 7) is 5.74. The highest BCUT2D eigenvalue weighted by molar-refractivity contribution is 5.85. The van der Waals surface area contributed by atoms with Gasteiger partial charge in [0, 0.05) is 19.6 Å². The van der Waals surface area contributed by atoms with E-state index in [1.54, 1.807) is 7.11 Å². The van der Waals surface area contributed by atoms with Crippen molar-refractivity contribution >= 4 is 12.4 Å². The quantitative estimate of drug-likeness (QED) is 0.875. The highest BCUT2D eigenvalue weighted by Crippen LogP contribution is 2.31. The van der Waals surface area contributed by atoms with Crippen molar-refractivity contribution in [2.45, 2.75) is 26.9 Å². The zero-order chi connectivity index (χ0) is 12.3. The van der Waals surface area contributed by atoms with Crippen LogP contribution >= 0.6 is 12.4 Å². The van der Waals surface area contributed by atoms with Crippen molar-refractivity contribution in [3.8, 4) is 5.75 Å². The Kier molecular flexibility index (Phi) is 6.53. The molecular formula is C13H21ClO3. The summed E-state index contributed by atoms with van der Waals surface area (Å²) in [5, 5.41) is 18.9. The minimum atomic E-state index is -0.136. The number of methoxy groups -OCH3 is 1. The Morgan fingerprint density at radius 2 is 1.71 bits per heavy atom. The van der Waals surface area contributed by atoms with Gasteiger partial charge in [0.25, 0.3) is 0 Å². The molecule has 0 amide bonds. The van der Waals surface area contributed by atoms with Gasteiger partial charge in [-0.1, -0.05) is 6.92 Å². The molecule has 0 heterocycles. The summed E-state index contributed by atoms with van der Waals surface area (Å²) < 4.78 is 5.40. The van der Waals surface area contributed by atoms with E-state index in [-0.39, 0.29) is 31.0 Å². The molecule has 0 aliphatic carbocycles. The molecule has 3 nitrogen and oxygen atoms in total. The molecule has 1 rings (SSSR count). The Balaban J connectivity index is 0.00000256. The van der Waals surface area contributed by atoms with Crippen LogP contribution in [0.5, 0.6) is 5.75 Å². The number of hydrogen-bond donors (Lipinski definition) is 2. The van der Waals surface area contributed by atoms with Crippen molar-refractivity contribution in [3.63, 3.8) is 0 Å². The van der Waals surface area contributed by atoms with Gasteiger partial charge < -0.3 is 14.9 Å². The lowest BCUT2D eigenvalue weighted by Crippen LogP contribution is -2.15. The summed E-state index contributed by atoms with van der Waals surface area (Å²) in [5.41, 5.74) is 2.67. The second-order valence-electron chi connectivity index (χ2n) is 4.32. The third-order valence-corrected chi connectivity index (χ3v) is 2.90.